The van der Waals surface area contributed by atoms with E-state index in [9.17, 15) is 0 Å². The molecule has 2 aromatic rings. The minimum absolute atomic E-state index is 0.103. The summed E-state index contributed by atoms with van der Waals surface area (Å²) in [4.78, 5) is 4.64. The number of nitrogens with one attached hydrogen (secondary N) is 1. The van der Waals surface area contributed by atoms with Crippen molar-refractivity contribution < 1.29 is 4.42 Å². The quantitative estimate of drug-likeness (QED) is 0.839. The van der Waals surface area contributed by atoms with Gasteiger partial charge in [-0.2, -0.15) is 0 Å². The van der Waals surface area contributed by atoms with Gasteiger partial charge in [0.1, 0.15) is 22.3 Å². The van der Waals surface area contributed by atoms with E-state index in [2.05, 4.69) is 17.2 Å². The molecule has 0 aliphatic carbocycles. The van der Waals surface area contributed by atoms with Crippen LogP contribution in [0, 0.1) is 13.8 Å². The van der Waals surface area contributed by atoms with Crippen LogP contribution in [0.2, 0.25) is 0 Å². The van der Waals surface area contributed by atoms with Crippen LogP contribution in [0.5, 0.6) is 0 Å². The molecule has 0 saturated carbocycles. The number of rotatable bonds is 4. The van der Waals surface area contributed by atoms with Crippen LogP contribution in [0.15, 0.2) is 28.8 Å². The Balaban J connectivity index is 2.19. The molecule has 0 radical (unpaired) electrons. The lowest BCUT2D eigenvalue weighted by Crippen LogP contribution is -2.12. The summed E-state index contributed by atoms with van der Waals surface area (Å²) in [5.41, 5.74) is 7.54. The number of thiocarbonyl (C=S) groups is 1. The lowest BCUT2D eigenvalue weighted by atomic mass is 10.1. The number of furan rings is 1. The maximum Gasteiger partial charge on any atom is 0.127 e. The van der Waals surface area contributed by atoms with Gasteiger partial charge < -0.3 is 15.5 Å². The van der Waals surface area contributed by atoms with Crippen molar-refractivity contribution >= 4 is 23.0 Å². The van der Waals surface area contributed by atoms with Gasteiger partial charge >= 0.3 is 0 Å². The predicted octanol–water partition coefficient (Wildman–Crippen LogP) is 3.10. The van der Waals surface area contributed by atoms with Crippen LogP contribution in [0.25, 0.3) is 0 Å². The lowest BCUT2D eigenvalue weighted by molar-refractivity contribution is 0.500. The number of hydrogen-bond acceptors (Lipinski definition) is 4. The van der Waals surface area contributed by atoms with E-state index >= 15 is 0 Å². The SMILES string of the molecule is Cc1cc(C(C)Nc2cc(C(N)=S)ccn2)c(C)o1. The third kappa shape index (κ3) is 3.12. The second-order valence-electron chi connectivity index (χ2n) is 4.53. The van der Waals surface area contributed by atoms with Gasteiger partial charge in [0, 0.05) is 17.3 Å². The molecular weight excluding hydrogens is 258 g/mol. The van der Waals surface area contributed by atoms with Crippen molar-refractivity contribution in [3.63, 3.8) is 0 Å². The molecule has 0 aliphatic rings. The number of aromatic nitrogens is 1. The third-order valence-corrected chi connectivity index (χ3v) is 3.19. The van der Waals surface area contributed by atoms with Gasteiger partial charge in [0.2, 0.25) is 0 Å². The zero-order chi connectivity index (χ0) is 14.0. The van der Waals surface area contributed by atoms with Crippen LogP contribution < -0.4 is 11.1 Å². The minimum Gasteiger partial charge on any atom is -0.466 e. The van der Waals surface area contributed by atoms with Crippen LogP contribution in [-0.4, -0.2) is 9.97 Å². The van der Waals surface area contributed by atoms with Crippen molar-refractivity contribution in [2.24, 2.45) is 5.73 Å². The van der Waals surface area contributed by atoms with E-state index in [4.69, 9.17) is 22.4 Å². The van der Waals surface area contributed by atoms with Gasteiger partial charge in [-0.15, -0.1) is 0 Å². The Morgan fingerprint density at radius 1 is 1.42 bits per heavy atom. The molecule has 0 aromatic carbocycles. The van der Waals surface area contributed by atoms with Gasteiger partial charge in [-0.25, -0.2) is 4.98 Å². The molecular formula is C14H17N3OS. The zero-order valence-electron chi connectivity index (χ0n) is 11.2. The molecule has 2 aromatic heterocycles. The van der Waals surface area contributed by atoms with Gasteiger partial charge in [0.15, 0.2) is 0 Å². The number of aryl methyl sites for hydroxylation is 2. The summed E-state index contributed by atoms with van der Waals surface area (Å²) in [6.07, 6.45) is 1.69. The summed E-state index contributed by atoms with van der Waals surface area (Å²) in [5.74, 6) is 2.57. The van der Waals surface area contributed by atoms with Gasteiger partial charge in [0.05, 0.1) is 6.04 Å². The van der Waals surface area contributed by atoms with Gasteiger partial charge in [-0.05, 0) is 39.0 Å². The number of nitrogens with two attached hydrogens (primary N) is 1. The first kappa shape index (κ1) is 13.5. The molecule has 19 heavy (non-hydrogen) atoms. The first-order chi connectivity index (χ1) is 8.97. The second kappa shape index (κ2) is 5.40. The second-order valence-corrected chi connectivity index (χ2v) is 4.97. The Labute approximate surface area is 118 Å². The van der Waals surface area contributed by atoms with E-state index in [1.807, 2.05) is 26.0 Å². The number of hydrogen-bond donors (Lipinski definition) is 2. The van der Waals surface area contributed by atoms with E-state index in [0.29, 0.717) is 4.99 Å². The largest absolute Gasteiger partial charge is 0.466 e. The molecule has 0 aliphatic heterocycles. The van der Waals surface area contributed by atoms with E-state index in [1.165, 1.54) is 0 Å². The smallest absolute Gasteiger partial charge is 0.127 e. The Kier molecular flexibility index (Phi) is 3.85. The number of pyridine rings is 1. The fourth-order valence-electron chi connectivity index (χ4n) is 2.04. The third-order valence-electron chi connectivity index (χ3n) is 2.95. The van der Waals surface area contributed by atoms with Crippen LogP contribution in [-0.2, 0) is 0 Å². The molecule has 5 heteroatoms. The fourth-order valence-corrected chi connectivity index (χ4v) is 2.17. The van der Waals surface area contributed by atoms with Crippen molar-refractivity contribution in [3.05, 3.63) is 47.0 Å². The van der Waals surface area contributed by atoms with Gasteiger partial charge in [0.25, 0.3) is 0 Å². The highest BCUT2D eigenvalue weighted by atomic mass is 32.1. The van der Waals surface area contributed by atoms with Crippen LogP contribution >= 0.6 is 12.2 Å². The minimum atomic E-state index is 0.103. The van der Waals surface area contributed by atoms with Crippen molar-refractivity contribution in [2.45, 2.75) is 26.8 Å². The molecule has 0 fully saturated rings. The normalized spacial score (nSPS) is 12.2. The topological polar surface area (TPSA) is 64.1 Å². The molecule has 1 atom stereocenters. The zero-order valence-corrected chi connectivity index (χ0v) is 12.0. The number of nitrogens with zero attached hydrogens (tertiary/aromatic N) is 1. The summed E-state index contributed by atoms with van der Waals surface area (Å²) in [5, 5.41) is 3.32. The summed E-state index contributed by atoms with van der Waals surface area (Å²) >= 11 is 4.96. The summed E-state index contributed by atoms with van der Waals surface area (Å²) in [6.45, 7) is 5.96. The summed E-state index contributed by atoms with van der Waals surface area (Å²) in [6, 6.07) is 5.78. The summed E-state index contributed by atoms with van der Waals surface area (Å²) in [7, 11) is 0. The van der Waals surface area contributed by atoms with E-state index < -0.39 is 0 Å². The Hall–Kier alpha value is -1.88. The molecule has 2 rings (SSSR count). The van der Waals surface area contributed by atoms with Crippen molar-refractivity contribution in [1.29, 1.82) is 0 Å². The Morgan fingerprint density at radius 3 is 2.74 bits per heavy atom. The van der Waals surface area contributed by atoms with Crippen molar-refractivity contribution in [2.75, 3.05) is 5.32 Å². The van der Waals surface area contributed by atoms with E-state index in [-0.39, 0.29) is 6.04 Å². The van der Waals surface area contributed by atoms with Crippen LogP contribution in [0.3, 0.4) is 0 Å². The number of anilines is 1. The van der Waals surface area contributed by atoms with Gasteiger partial charge in [-0.3, -0.25) is 0 Å². The van der Waals surface area contributed by atoms with Crippen LogP contribution in [0.1, 0.15) is 35.6 Å². The van der Waals surface area contributed by atoms with E-state index in [0.717, 1.165) is 28.5 Å². The first-order valence-corrected chi connectivity index (χ1v) is 6.47. The van der Waals surface area contributed by atoms with Crippen molar-refractivity contribution in [3.8, 4) is 0 Å². The highest BCUT2D eigenvalue weighted by molar-refractivity contribution is 7.80. The Morgan fingerprint density at radius 2 is 2.16 bits per heavy atom. The van der Waals surface area contributed by atoms with E-state index in [1.54, 1.807) is 12.3 Å². The molecule has 0 amide bonds. The molecule has 0 saturated heterocycles. The Bertz CT molecular complexity index is 606. The van der Waals surface area contributed by atoms with Gasteiger partial charge in [-0.1, -0.05) is 12.2 Å². The maximum atomic E-state index is 5.61. The first-order valence-electron chi connectivity index (χ1n) is 6.06. The molecule has 100 valence electrons. The monoisotopic (exact) mass is 275 g/mol. The molecule has 0 spiro atoms. The lowest BCUT2D eigenvalue weighted by Gasteiger charge is -2.14. The molecule has 1 unspecified atom stereocenters. The molecule has 2 heterocycles. The molecule has 3 N–H and O–H groups in total. The highest BCUT2D eigenvalue weighted by Crippen LogP contribution is 2.24. The molecule has 0 bridgehead atoms. The fraction of sp³-hybridized carbons (Fsp3) is 0.286. The predicted molar refractivity (Wildman–Crippen MR) is 80.3 cm³/mol. The standard InChI is InChI=1S/C14H17N3OS/c1-8-6-12(10(3)18-8)9(2)17-13-7-11(14(15)19)4-5-16-13/h4-7,9H,1-3H3,(H2,15,19)(H,16,17). The van der Waals surface area contributed by atoms with Crippen LogP contribution in [0.4, 0.5) is 5.82 Å². The average molecular weight is 275 g/mol. The summed E-state index contributed by atoms with van der Waals surface area (Å²) < 4.78 is 5.53. The maximum absolute atomic E-state index is 5.61. The van der Waals surface area contributed by atoms with Crippen molar-refractivity contribution in [1.82, 2.24) is 4.98 Å². The highest BCUT2D eigenvalue weighted by Gasteiger charge is 2.13. The average Bonchev–Trinajstić information content (AvgIpc) is 2.69. The molecule has 4 nitrogen and oxygen atoms in total.